The van der Waals surface area contributed by atoms with Crippen LogP contribution in [0.15, 0.2) is 24.3 Å². The molecule has 2 rings (SSSR count). The van der Waals surface area contributed by atoms with Crippen LogP contribution < -0.4 is 4.90 Å². The van der Waals surface area contributed by atoms with Gasteiger partial charge in [0, 0.05) is 24.2 Å². The van der Waals surface area contributed by atoms with E-state index in [-0.39, 0.29) is 0 Å². The Kier molecular flexibility index (Phi) is 4.73. The summed E-state index contributed by atoms with van der Waals surface area (Å²) in [5, 5.41) is 0. The van der Waals surface area contributed by atoms with Crippen molar-refractivity contribution in [2.75, 3.05) is 17.3 Å². The molecule has 0 aromatic heterocycles. The van der Waals surface area contributed by atoms with Crippen LogP contribution in [0.5, 0.6) is 0 Å². The van der Waals surface area contributed by atoms with E-state index in [1.807, 2.05) is 0 Å². The van der Waals surface area contributed by atoms with Crippen molar-refractivity contribution in [1.82, 2.24) is 0 Å². The fourth-order valence-corrected chi connectivity index (χ4v) is 2.99. The van der Waals surface area contributed by atoms with E-state index in [0.29, 0.717) is 11.9 Å². The molecule has 1 nitrogen and oxygen atoms in total. The minimum absolute atomic E-state index is 0.698. The summed E-state index contributed by atoms with van der Waals surface area (Å²) >= 11 is 5.96. The minimum atomic E-state index is 0.698. The van der Waals surface area contributed by atoms with E-state index in [2.05, 4.69) is 36.1 Å². The quantitative estimate of drug-likeness (QED) is 0.718. The number of rotatable bonds is 4. The minimum Gasteiger partial charge on any atom is -0.367 e. The number of hydrogen-bond donors (Lipinski definition) is 0. The zero-order valence-electron chi connectivity index (χ0n) is 10.7. The number of benzene rings is 1. The molecular weight excluding hydrogens is 230 g/mol. The van der Waals surface area contributed by atoms with Gasteiger partial charge < -0.3 is 4.90 Å². The summed E-state index contributed by atoms with van der Waals surface area (Å²) < 4.78 is 0. The van der Waals surface area contributed by atoms with Crippen LogP contribution in [0.3, 0.4) is 0 Å². The Morgan fingerprint density at radius 1 is 1.24 bits per heavy atom. The van der Waals surface area contributed by atoms with Gasteiger partial charge in [0.1, 0.15) is 0 Å². The standard InChI is InChI=1S/C15H22ClN/c1-13-6-5-9-15(12-13)17(11-10-16)14-7-3-2-4-8-14/h5-6,9,12,14H,2-4,7-8,10-11H2,1H3. The van der Waals surface area contributed by atoms with Crippen molar-refractivity contribution in [3.8, 4) is 0 Å². The normalized spacial score (nSPS) is 17.1. The monoisotopic (exact) mass is 251 g/mol. The molecule has 0 heterocycles. The third-order valence-corrected chi connectivity index (χ3v) is 3.84. The van der Waals surface area contributed by atoms with Crippen LogP contribution in [0.25, 0.3) is 0 Å². The molecule has 1 fully saturated rings. The maximum atomic E-state index is 5.96. The van der Waals surface area contributed by atoms with E-state index in [9.17, 15) is 0 Å². The lowest BCUT2D eigenvalue weighted by Crippen LogP contribution is -2.38. The molecular formula is C15H22ClN. The summed E-state index contributed by atoms with van der Waals surface area (Å²) in [5.41, 5.74) is 2.68. The van der Waals surface area contributed by atoms with Gasteiger partial charge in [-0.2, -0.15) is 0 Å². The molecule has 0 amide bonds. The van der Waals surface area contributed by atoms with Crippen molar-refractivity contribution >= 4 is 17.3 Å². The molecule has 0 atom stereocenters. The first-order valence-electron chi connectivity index (χ1n) is 6.70. The van der Waals surface area contributed by atoms with E-state index < -0.39 is 0 Å². The average Bonchev–Trinajstić information content (AvgIpc) is 2.37. The molecule has 0 N–H and O–H groups in total. The fraction of sp³-hybridized carbons (Fsp3) is 0.600. The van der Waals surface area contributed by atoms with Gasteiger partial charge in [-0.25, -0.2) is 0 Å². The Morgan fingerprint density at radius 2 is 2.00 bits per heavy atom. The van der Waals surface area contributed by atoms with Gasteiger partial charge in [-0.15, -0.1) is 11.6 Å². The second-order valence-corrected chi connectivity index (χ2v) is 5.39. The third kappa shape index (κ3) is 3.38. The van der Waals surface area contributed by atoms with Crippen molar-refractivity contribution in [1.29, 1.82) is 0 Å². The Labute approximate surface area is 110 Å². The molecule has 0 unspecified atom stereocenters. The van der Waals surface area contributed by atoms with Crippen LogP contribution in [-0.4, -0.2) is 18.5 Å². The van der Waals surface area contributed by atoms with E-state index >= 15 is 0 Å². The van der Waals surface area contributed by atoms with Gasteiger partial charge in [-0.3, -0.25) is 0 Å². The van der Waals surface area contributed by atoms with E-state index in [1.165, 1.54) is 43.4 Å². The van der Waals surface area contributed by atoms with Gasteiger partial charge in [0.2, 0.25) is 0 Å². The highest BCUT2D eigenvalue weighted by molar-refractivity contribution is 6.18. The molecule has 94 valence electrons. The zero-order chi connectivity index (χ0) is 12.1. The molecule has 1 aliphatic carbocycles. The van der Waals surface area contributed by atoms with Crippen molar-refractivity contribution in [3.63, 3.8) is 0 Å². The second kappa shape index (κ2) is 6.30. The number of halogens is 1. The first-order valence-corrected chi connectivity index (χ1v) is 7.24. The Balaban J connectivity index is 2.15. The van der Waals surface area contributed by atoms with E-state index in [1.54, 1.807) is 0 Å². The first kappa shape index (κ1) is 12.8. The van der Waals surface area contributed by atoms with Crippen LogP contribution >= 0.6 is 11.6 Å². The number of hydrogen-bond acceptors (Lipinski definition) is 1. The lowest BCUT2D eigenvalue weighted by molar-refractivity contribution is 0.418. The maximum Gasteiger partial charge on any atom is 0.0399 e. The smallest absolute Gasteiger partial charge is 0.0399 e. The van der Waals surface area contributed by atoms with Crippen LogP contribution in [0.2, 0.25) is 0 Å². The fourth-order valence-electron chi connectivity index (χ4n) is 2.81. The van der Waals surface area contributed by atoms with Gasteiger partial charge in [0.05, 0.1) is 0 Å². The van der Waals surface area contributed by atoms with Gasteiger partial charge in [0.15, 0.2) is 0 Å². The summed E-state index contributed by atoms with van der Waals surface area (Å²) in [7, 11) is 0. The third-order valence-electron chi connectivity index (χ3n) is 3.67. The summed E-state index contributed by atoms with van der Waals surface area (Å²) in [6.07, 6.45) is 6.79. The molecule has 1 saturated carbocycles. The number of anilines is 1. The van der Waals surface area contributed by atoms with Gasteiger partial charge in [-0.05, 0) is 37.5 Å². The molecule has 0 radical (unpaired) electrons. The van der Waals surface area contributed by atoms with Crippen molar-refractivity contribution in [3.05, 3.63) is 29.8 Å². The van der Waals surface area contributed by atoms with Crippen molar-refractivity contribution in [2.45, 2.75) is 45.1 Å². The lowest BCUT2D eigenvalue weighted by atomic mass is 9.93. The summed E-state index contributed by atoms with van der Waals surface area (Å²) in [6.45, 7) is 3.12. The average molecular weight is 252 g/mol. The zero-order valence-corrected chi connectivity index (χ0v) is 11.4. The number of nitrogens with zero attached hydrogens (tertiary/aromatic N) is 1. The van der Waals surface area contributed by atoms with E-state index in [4.69, 9.17) is 11.6 Å². The molecule has 2 heteroatoms. The number of aryl methyl sites for hydroxylation is 1. The van der Waals surface area contributed by atoms with Gasteiger partial charge in [-0.1, -0.05) is 31.4 Å². The SMILES string of the molecule is Cc1cccc(N(CCCl)C2CCCCC2)c1. The Bertz CT molecular complexity index is 345. The molecule has 1 aliphatic rings. The topological polar surface area (TPSA) is 3.24 Å². The molecule has 0 saturated heterocycles. The van der Waals surface area contributed by atoms with E-state index in [0.717, 1.165) is 6.54 Å². The molecule has 0 bridgehead atoms. The Hall–Kier alpha value is -0.690. The summed E-state index contributed by atoms with van der Waals surface area (Å²) in [5.74, 6) is 0.713. The highest BCUT2D eigenvalue weighted by atomic mass is 35.5. The summed E-state index contributed by atoms with van der Waals surface area (Å²) in [6, 6.07) is 9.50. The van der Waals surface area contributed by atoms with Crippen LogP contribution in [0, 0.1) is 6.92 Å². The molecule has 0 spiro atoms. The maximum absolute atomic E-state index is 5.96. The molecule has 0 aliphatic heterocycles. The first-order chi connectivity index (χ1) is 8.31. The summed E-state index contributed by atoms with van der Waals surface area (Å²) in [4.78, 5) is 2.51. The highest BCUT2D eigenvalue weighted by Gasteiger charge is 2.20. The Morgan fingerprint density at radius 3 is 2.65 bits per heavy atom. The second-order valence-electron chi connectivity index (χ2n) is 5.01. The predicted octanol–water partition coefficient (Wildman–Crippen LogP) is 4.37. The predicted molar refractivity (Wildman–Crippen MR) is 76.1 cm³/mol. The van der Waals surface area contributed by atoms with Crippen LogP contribution in [-0.2, 0) is 0 Å². The lowest BCUT2D eigenvalue weighted by Gasteiger charge is -2.36. The van der Waals surface area contributed by atoms with Crippen molar-refractivity contribution in [2.24, 2.45) is 0 Å². The molecule has 1 aromatic rings. The largest absolute Gasteiger partial charge is 0.367 e. The van der Waals surface area contributed by atoms with Crippen LogP contribution in [0.4, 0.5) is 5.69 Å². The highest BCUT2D eigenvalue weighted by Crippen LogP contribution is 2.27. The van der Waals surface area contributed by atoms with Gasteiger partial charge >= 0.3 is 0 Å². The van der Waals surface area contributed by atoms with Gasteiger partial charge in [0.25, 0.3) is 0 Å². The molecule has 1 aromatic carbocycles. The van der Waals surface area contributed by atoms with Crippen molar-refractivity contribution < 1.29 is 0 Å². The van der Waals surface area contributed by atoms with Crippen LogP contribution in [0.1, 0.15) is 37.7 Å². The molecule has 17 heavy (non-hydrogen) atoms. The number of alkyl halides is 1.